The van der Waals surface area contributed by atoms with Crippen molar-refractivity contribution in [2.45, 2.75) is 13.0 Å². The Morgan fingerprint density at radius 3 is 2.26 bits per heavy atom. The molecule has 2 amide bonds. The summed E-state index contributed by atoms with van der Waals surface area (Å²) in [4.78, 5) is 23.4. The van der Waals surface area contributed by atoms with E-state index in [1.807, 2.05) is 37.3 Å². The first-order valence-electron chi connectivity index (χ1n) is 7.50. The minimum Gasteiger partial charge on any atom is -0.355 e. The maximum Gasteiger partial charge on any atom is 0.251 e. The van der Waals surface area contributed by atoms with E-state index in [2.05, 4.69) is 16.0 Å². The Morgan fingerprint density at radius 2 is 1.65 bits per heavy atom. The zero-order valence-corrected chi connectivity index (χ0v) is 13.3. The van der Waals surface area contributed by atoms with E-state index in [1.54, 1.807) is 31.3 Å². The Bertz CT molecular complexity index is 654. The van der Waals surface area contributed by atoms with Crippen LogP contribution in [-0.4, -0.2) is 25.4 Å². The molecule has 0 spiro atoms. The Hall–Kier alpha value is -2.66. The van der Waals surface area contributed by atoms with Gasteiger partial charge in [0.15, 0.2) is 0 Å². The quantitative estimate of drug-likeness (QED) is 0.767. The van der Waals surface area contributed by atoms with Gasteiger partial charge in [0.2, 0.25) is 5.91 Å². The van der Waals surface area contributed by atoms with Crippen LogP contribution in [0.5, 0.6) is 0 Å². The fourth-order valence-electron chi connectivity index (χ4n) is 2.16. The van der Waals surface area contributed by atoms with Crippen molar-refractivity contribution < 1.29 is 9.59 Å². The van der Waals surface area contributed by atoms with Crippen LogP contribution in [0.15, 0.2) is 54.6 Å². The molecule has 0 radical (unpaired) electrons. The molecule has 0 aromatic heterocycles. The van der Waals surface area contributed by atoms with Gasteiger partial charge in [-0.15, -0.1) is 0 Å². The fourth-order valence-corrected chi connectivity index (χ4v) is 2.16. The molecular weight excluding hydrogens is 290 g/mol. The Balaban J connectivity index is 1.84. The maximum absolute atomic E-state index is 12.0. The smallest absolute Gasteiger partial charge is 0.251 e. The molecule has 0 aliphatic rings. The number of rotatable bonds is 6. The van der Waals surface area contributed by atoms with Gasteiger partial charge in [0.25, 0.3) is 5.91 Å². The molecule has 3 N–H and O–H groups in total. The number of amides is 2. The Kier molecular flexibility index (Phi) is 5.88. The lowest BCUT2D eigenvalue weighted by Crippen LogP contribution is -2.30. The number of anilines is 1. The summed E-state index contributed by atoms with van der Waals surface area (Å²) in [6, 6.07) is 16.8. The van der Waals surface area contributed by atoms with Crippen molar-refractivity contribution in [3.8, 4) is 0 Å². The predicted molar refractivity (Wildman–Crippen MR) is 91.3 cm³/mol. The second kappa shape index (κ2) is 8.10. The molecule has 0 aliphatic heterocycles. The van der Waals surface area contributed by atoms with E-state index in [0.29, 0.717) is 11.3 Å². The highest BCUT2D eigenvalue weighted by Crippen LogP contribution is 2.11. The summed E-state index contributed by atoms with van der Waals surface area (Å²) < 4.78 is 0. The molecule has 0 saturated heterocycles. The lowest BCUT2D eigenvalue weighted by Gasteiger charge is -2.14. The molecule has 23 heavy (non-hydrogen) atoms. The second-order valence-electron chi connectivity index (χ2n) is 5.22. The highest BCUT2D eigenvalue weighted by atomic mass is 16.2. The third-order valence-electron chi connectivity index (χ3n) is 3.53. The summed E-state index contributed by atoms with van der Waals surface area (Å²) in [6.07, 6.45) is 0. The van der Waals surface area contributed by atoms with Gasteiger partial charge in [-0.25, -0.2) is 0 Å². The monoisotopic (exact) mass is 311 g/mol. The first kappa shape index (κ1) is 16.7. The molecular formula is C18H21N3O2. The summed E-state index contributed by atoms with van der Waals surface area (Å²) in [5.74, 6) is -0.276. The molecule has 2 rings (SSSR count). The van der Waals surface area contributed by atoms with Gasteiger partial charge in [0.1, 0.15) is 0 Å². The van der Waals surface area contributed by atoms with Gasteiger partial charge in [0, 0.05) is 24.3 Å². The van der Waals surface area contributed by atoms with Gasteiger partial charge >= 0.3 is 0 Å². The number of carbonyl (C=O) groups excluding carboxylic acids is 2. The molecule has 0 saturated carbocycles. The molecule has 0 heterocycles. The molecule has 120 valence electrons. The van der Waals surface area contributed by atoms with Crippen LogP contribution < -0.4 is 16.0 Å². The van der Waals surface area contributed by atoms with Crippen LogP contribution in [0.2, 0.25) is 0 Å². The van der Waals surface area contributed by atoms with Crippen LogP contribution in [0, 0.1) is 0 Å². The van der Waals surface area contributed by atoms with E-state index in [-0.39, 0.29) is 24.4 Å². The van der Waals surface area contributed by atoms with E-state index < -0.39 is 0 Å². The van der Waals surface area contributed by atoms with Gasteiger partial charge in [-0.2, -0.15) is 0 Å². The number of hydrogen-bond acceptors (Lipinski definition) is 3. The van der Waals surface area contributed by atoms with E-state index in [0.717, 1.165) is 5.56 Å². The summed E-state index contributed by atoms with van der Waals surface area (Å²) in [5.41, 5.74) is 2.35. The van der Waals surface area contributed by atoms with E-state index in [4.69, 9.17) is 0 Å². The minimum atomic E-state index is -0.152. The van der Waals surface area contributed by atoms with Gasteiger partial charge in [-0.3, -0.25) is 9.59 Å². The zero-order valence-electron chi connectivity index (χ0n) is 13.3. The number of nitrogens with one attached hydrogen (secondary N) is 3. The van der Waals surface area contributed by atoms with Crippen LogP contribution >= 0.6 is 0 Å². The third kappa shape index (κ3) is 4.93. The molecule has 1 atom stereocenters. The van der Waals surface area contributed by atoms with Crippen LogP contribution in [0.3, 0.4) is 0 Å². The zero-order chi connectivity index (χ0) is 16.7. The SMILES string of the molecule is CNC(=O)c1ccc(NC(=O)CNC(C)c2ccccc2)cc1. The minimum absolute atomic E-state index is 0.0950. The molecule has 1 unspecified atom stereocenters. The second-order valence-corrected chi connectivity index (χ2v) is 5.22. The topological polar surface area (TPSA) is 70.2 Å². The summed E-state index contributed by atoms with van der Waals surface area (Å²) in [6.45, 7) is 2.23. The van der Waals surface area contributed by atoms with Gasteiger partial charge in [0.05, 0.1) is 6.54 Å². The van der Waals surface area contributed by atoms with E-state index in [9.17, 15) is 9.59 Å². The average Bonchev–Trinajstić information content (AvgIpc) is 2.60. The first-order valence-corrected chi connectivity index (χ1v) is 7.50. The van der Waals surface area contributed by atoms with Crippen LogP contribution in [-0.2, 0) is 4.79 Å². The molecule has 5 heteroatoms. The van der Waals surface area contributed by atoms with Gasteiger partial charge in [-0.1, -0.05) is 30.3 Å². The normalized spacial score (nSPS) is 11.6. The third-order valence-corrected chi connectivity index (χ3v) is 3.53. The number of carbonyl (C=O) groups is 2. The highest BCUT2D eigenvalue weighted by molar-refractivity contribution is 5.96. The molecule has 0 aliphatic carbocycles. The summed E-state index contributed by atoms with van der Waals surface area (Å²) in [7, 11) is 1.58. The molecule has 0 bridgehead atoms. The summed E-state index contributed by atoms with van der Waals surface area (Å²) in [5, 5.41) is 8.53. The first-order chi connectivity index (χ1) is 11.1. The standard InChI is InChI=1S/C18H21N3O2/c1-13(14-6-4-3-5-7-14)20-12-17(22)21-16-10-8-15(9-11-16)18(23)19-2/h3-11,13,20H,12H2,1-2H3,(H,19,23)(H,21,22). The van der Waals surface area contributed by atoms with Crippen LogP contribution in [0.4, 0.5) is 5.69 Å². The van der Waals surface area contributed by atoms with Crippen molar-refractivity contribution in [1.82, 2.24) is 10.6 Å². The Morgan fingerprint density at radius 1 is 1.00 bits per heavy atom. The van der Waals surface area contributed by atoms with Crippen molar-refractivity contribution in [2.75, 3.05) is 18.9 Å². The van der Waals surface area contributed by atoms with Gasteiger partial charge in [-0.05, 0) is 36.8 Å². The number of benzene rings is 2. The van der Waals surface area contributed by atoms with E-state index in [1.165, 1.54) is 0 Å². The Labute approximate surface area is 136 Å². The van der Waals surface area contributed by atoms with Crippen LogP contribution in [0.1, 0.15) is 28.9 Å². The van der Waals surface area contributed by atoms with Gasteiger partial charge < -0.3 is 16.0 Å². The lowest BCUT2D eigenvalue weighted by atomic mass is 10.1. The van der Waals surface area contributed by atoms with Crippen molar-refractivity contribution >= 4 is 17.5 Å². The highest BCUT2D eigenvalue weighted by Gasteiger charge is 2.08. The average molecular weight is 311 g/mol. The molecule has 5 nitrogen and oxygen atoms in total. The fraction of sp³-hybridized carbons (Fsp3) is 0.222. The van der Waals surface area contributed by atoms with Crippen molar-refractivity contribution in [3.05, 3.63) is 65.7 Å². The predicted octanol–water partition coefficient (Wildman–Crippen LogP) is 2.34. The summed E-state index contributed by atoms with van der Waals surface area (Å²) >= 11 is 0. The van der Waals surface area contributed by atoms with E-state index >= 15 is 0 Å². The van der Waals surface area contributed by atoms with Crippen molar-refractivity contribution in [3.63, 3.8) is 0 Å². The molecule has 0 fully saturated rings. The maximum atomic E-state index is 12.0. The number of hydrogen-bond donors (Lipinski definition) is 3. The van der Waals surface area contributed by atoms with Crippen molar-refractivity contribution in [1.29, 1.82) is 0 Å². The largest absolute Gasteiger partial charge is 0.355 e. The molecule has 2 aromatic carbocycles. The van der Waals surface area contributed by atoms with Crippen molar-refractivity contribution in [2.24, 2.45) is 0 Å². The lowest BCUT2D eigenvalue weighted by molar-refractivity contribution is -0.115. The molecule has 2 aromatic rings. The van der Waals surface area contributed by atoms with Crippen LogP contribution in [0.25, 0.3) is 0 Å².